The van der Waals surface area contributed by atoms with Crippen LogP contribution in [0.5, 0.6) is 0 Å². The number of carbonyl (C=O) groups excluding carboxylic acids is 1. The molecule has 0 radical (unpaired) electrons. The number of hydrogen-bond donors (Lipinski definition) is 3. The molecule has 0 aliphatic heterocycles. The van der Waals surface area contributed by atoms with Crippen LogP contribution in [0.2, 0.25) is 0 Å². The van der Waals surface area contributed by atoms with Gasteiger partial charge >= 0.3 is 11.9 Å². The van der Waals surface area contributed by atoms with Gasteiger partial charge in [0.25, 0.3) is 7.52 Å². The van der Waals surface area contributed by atoms with Gasteiger partial charge in [0, 0.05) is 0 Å². The van der Waals surface area contributed by atoms with Crippen molar-refractivity contribution in [2.24, 2.45) is 0 Å². The molecule has 0 spiro atoms. The molecule has 2 aromatic heterocycles. The molecule has 0 aromatic carbocycles. The lowest BCUT2D eigenvalue weighted by atomic mass is 10.1. The van der Waals surface area contributed by atoms with E-state index in [0.29, 0.717) is 17.6 Å². The molecule has 0 bridgehead atoms. The number of aliphatic carboxylic acids is 1. The Morgan fingerprint density at radius 3 is 2.71 bits per heavy atom. The molecule has 2 aromatic rings. The lowest BCUT2D eigenvalue weighted by Crippen LogP contribution is -2.46. The topological polar surface area (TPSA) is 181 Å². The number of imidazole rings is 1. The van der Waals surface area contributed by atoms with Crippen LogP contribution in [-0.2, 0) is 34.7 Å². The number of carboxylic acids is 1. The number of carboxylic acid groups (broad SMARTS) is 1. The van der Waals surface area contributed by atoms with Gasteiger partial charge in [-0.1, -0.05) is 19.8 Å². The molecule has 190 valence electrons. The van der Waals surface area contributed by atoms with E-state index in [4.69, 9.17) is 19.7 Å². The maximum atomic E-state index is 13.4. The molecule has 0 fully saturated rings. The fraction of sp³-hybridized carbons (Fsp3) is 0.650. The van der Waals surface area contributed by atoms with E-state index in [9.17, 15) is 19.3 Å². The highest BCUT2D eigenvalue weighted by molar-refractivity contribution is 7.56. The Kier molecular flexibility index (Phi) is 9.92. The monoisotopic (exact) mass is 500 g/mol. The second kappa shape index (κ2) is 12.2. The van der Waals surface area contributed by atoms with Crippen molar-refractivity contribution in [3.8, 4) is 0 Å². The number of nitrogens with zero attached hydrogens (tertiary/aromatic N) is 4. The number of nitrogens with two attached hydrogens (primary N) is 1. The Bertz CT molecular complexity index is 1030. The van der Waals surface area contributed by atoms with E-state index in [-0.39, 0.29) is 19.0 Å². The normalized spacial score (nSPS) is 14.6. The number of unbranched alkanes of at least 4 members (excludes halogenated alkanes) is 2. The Hall–Kier alpha value is -2.60. The Morgan fingerprint density at radius 2 is 2.03 bits per heavy atom. The van der Waals surface area contributed by atoms with E-state index in [1.807, 2.05) is 6.92 Å². The SMILES string of the molecule is CCCCCOC(=O)CO[P@@](=O)(CO[C@H](C)Cn1cnc2c(N)ncnc21)NC(C)(C)C(=O)O. The number of nitrogens with one attached hydrogen (secondary N) is 1. The van der Waals surface area contributed by atoms with E-state index < -0.39 is 44.1 Å². The molecular weight excluding hydrogens is 467 g/mol. The highest BCUT2D eigenvalue weighted by Gasteiger charge is 2.38. The number of ether oxygens (including phenoxy) is 2. The number of nitrogen functional groups attached to an aromatic ring is 1. The molecule has 2 atom stereocenters. The van der Waals surface area contributed by atoms with Crippen LogP contribution in [0.3, 0.4) is 0 Å². The van der Waals surface area contributed by atoms with Crippen LogP contribution < -0.4 is 10.8 Å². The molecule has 2 rings (SSSR count). The van der Waals surface area contributed by atoms with Gasteiger partial charge in [0.15, 0.2) is 18.1 Å². The maximum absolute atomic E-state index is 13.4. The Balaban J connectivity index is 2.02. The molecule has 0 amide bonds. The average Bonchev–Trinajstić information content (AvgIpc) is 3.18. The largest absolute Gasteiger partial charge is 0.480 e. The first-order chi connectivity index (χ1) is 16.0. The lowest BCUT2D eigenvalue weighted by Gasteiger charge is -2.28. The van der Waals surface area contributed by atoms with Gasteiger partial charge in [-0.2, -0.15) is 0 Å². The number of esters is 1. The van der Waals surface area contributed by atoms with Crippen molar-refractivity contribution in [2.45, 2.75) is 65.1 Å². The van der Waals surface area contributed by atoms with Crippen molar-refractivity contribution in [3.05, 3.63) is 12.7 Å². The smallest absolute Gasteiger partial charge is 0.332 e. The van der Waals surface area contributed by atoms with E-state index in [1.165, 1.54) is 26.5 Å². The zero-order chi connectivity index (χ0) is 25.4. The predicted molar refractivity (Wildman–Crippen MR) is 124 cm³/mol. The third-order valence-corrected chi connectivity index (χ3v) is 6.73. The minimum absolute atomic E-state index is 0.231. The maximum Gasteiger partial charge on any atom is 0.332 e. The summed E-state index contributed by atoms with van der Waals surface area (Å²) >= 11 is 0. The summed E-state index contributed by atoms with van der Waals surface area (Å²) in [7, 11) is -3.92. The van der Waals surface area contributed by atoms with Crippen LogP contribution in [0.4, 0.5) is 5.82 Å². The van der Waals surface area contributed by atoms with E-state index >= 15 is 0 Å². The second-order valence-corrected chi connectivity index (χ2v) is 10.4. The average molecular weight is 500 g/mol. The minimum Gasteiger partial charge on any atom is -0.480 e. The number of hydrogen-bond acceptors (Lipinski definition) is 10. The molecule has 14 heteroatoms. The molecule has 0 saturated heterocycles. The quantitative estimate of drug-likeness (QED) is 0.184. The fourth-order valence-electron chi connectivity index (χ4n) is 2.90. The van der Waals surface area contributed by atoms with Crippen LogP contribution >= 0.6 is 7.52 Å². The van der Waals surface area contributed by atoms with E-state index in [2.05, 4.69) is 20.0 Å². The summed E-state index contributed by atoms with van der Waals surface area (Å²) in [5, 5.41) is 11.9. The number of anilines is 1. The van der Waals surface area contributed by atoms with Gasteiger partial charge in [-0.15, -0.1) is 0 Å². The summed E-state index contributed by atoms with van der Waals surface area (Å²) < 4.78 is 31.2. The third-order valence-electron chi connectivity index (χ3n) is 4.80. The number of fused-ring (bicyclic) bond motifs is 1. The molecule has 2 heterocycles. The van der Waals surface area contributed by atoms with Crippen LogP contribution in [0, 0.1) is 0 Å². The highest BCUT2D eigenvalue weighted by Crippen LogP contribution is 2.45. The predicted octanol–water partition coefficient (Wildman–Crippen LogP) is 2.17. The number of aromatic nitrogens is 4. The molecule has 34 heavy (non-hydrogen) atoms. The second-order valence-electron chi connectivity index (χ2n) is 8.35. The van der Waals surface area contributed by atoms with Gasteiger partial charge in [-0.3, -0.25) is 9.36 Å². The summed E-state index contributed by atoms with van der Waals surface area (Å²) in [4.78, 5) is 35.7. The van der Waals surface area contributed by atoms with Crippen molar-refractivity contribution in [3.63, 3.8) is 0 Å². The van der Waals surface area contributed by atoms with Crippen molar-refractivity contribution >= 4 is 36.4 Å². The first kappa shape index (κ1) is 27.6. The first-order valence-electron chi connectivity index (χ1n) is 10.9. The lowest BCUT2D eigenvalue weighted by molar-refractivity contribution is -0.146. The molecule has 4 N–H and O–H groups in total. The Labute approximate surface area is 197 Å². The van der Waals surface area contributed by atoms with Crippen LogP contribution in [0.1, 0.15) is 47.0 Å². The van der Waals surface area contributed by atoms with Crippen molar-refractivity contribution in [2.75, 3.05) is 25.3 Å². The van der Waals surface area contributed by atoms with Gasteiger partial charge in [-0.25, -0.2) is 24.8 Å². The standard InChI is InChI=1S/C20H33N6O7P/c1-5-6-7-8-31-15(27)10-33-34(30,25-20(3,4)19(28)29)13-32-14(2)9-26-12-24-16-17(21)22-11-23-18(16)26/h11-12,14H,5-10,13H2,1-4H3,(H,25,30)(H,28,29)(H2,21,22,23)/t14-,34+/m1/s1. The zero-order valence-electron chi connectivity index (χ0n) is 19.9. The van der Waals surface area contributed by atoms with Gasteiger partial charge in [-0.05, 0) is 27.2 Å². The van der Waals surface area contributed by atoms with Crippen molar-refractivity contribution in [1.29, 1.82) is 0 Å². The summed E-state index contributed by atoms with van der Waals surface area (Å²) in [5.74, 6) is -1.69. The van der Waals surface area contributed by atoms with Crippen molar-refractivity contribution < 1.29 is 33.3 Å². The van der Waals surface area contributed by atoms with E-state index in [0.717, 1.165) is 12.8 Å². The summed E-state index contributed by atoms with van der Waals surface area (Å²) in [5.41, 5.74) is 5.16. The van der Waals surface area contributed by atoms with Gasteiger partial charge in [0.2, 0.25) is 0 Å². The first-order valence-corrected chi connectivity index (χ1v) is 12.7. The van der Waals surface area contributed by atoms with Crippen LogP contribution in [0.15, 0.2) is 12.7 Å². The van der Waals surface area contributed by atoms with Gasteiger partial charge < -0.3 is 29.4 Å². The molecule has 0 aliphatic carbocycles. The minimum atomic E-state index is -3.92. The third kappa shape index (κ3) is 8.01. The molecular formula is C20H33N6O7P. The van der Waals surface area contributed by atoms with E-state index in [1.54, 1.807) is 11.5 Å². The summed E-state index contributed by atoms with van der Waals surface area (Å²) in [6, 6.07) is 0. The number of carbonyl (C=O) groups is 2. The molecule has 13 nitrogen and oxygen atoms in total. The van der Waals surface area contributed by atoms with Gasteiger partial charge in [0.05, 0.1) is 25.6 Å². The molecule has 0 unspecified atom stereocenters. The summed E-state index contributed by atoms with van der Waals surface area (Å²) in [6.45, 7) is 6.33. The molecule has 0 saturated carbocycles. The molecule has 0 aliphatic rings. The fourth-order valence-corrected chi connectivity index (χ4v) is 4.82. The highest BCUT2D eigenvalue weighted by atomic mass is 31.2. The number of rotatable bonds is 15. The Morgan fingerprint density at radius 1 is 1.29 bits per heavy atom. The van der Waals surface area contributed by atoms with Crippen molar-refractivity contribution in [1.82, 2.24) is 24.6 Å². The van der Waals surface area contributed by atoms with Crippen LogP contribution in [0.25, 0.3) is 11.2 Å². The van der Waals surface area contributed by atoms with Crippen LogP contribution in [-0.4, -0.2) is 67.8 Å². The van der Waals surface area contributed by atoms with Gasteiger partial charge in [0.1, 0.15) is 23.7 Å². The zero-order valence-corrected chi connectivity index (χ0v) is 20.8. The summed E-state index contributed by atoms with van der Waals surface area (Å²) in [6.07, 6.45) is 4.48.